The summed E-state index contributed by atoms with van der Waals surface area (Å²) in [6.07, 6.45) is 2.97. The second-order valence-electron chi connectivity index (χ2n) is 4.99. The van der Waals surface area contributed by atoms with Gasteiger partial charge < -0.3 is 10.8 Å². The van der Waals surface area contributed by atoms with Crippen molar-refractivity contribution in [1.29, 1.82) is 0 Å². The van der Waals surface area contributed by atoms with E-state index in [1.807, 2.05) is 25.3 Å². The van der Waals surface area contributed by atoms with Crippen molar-refractivity contribution in [3.8, 4) is 17.0 Å². The topological polar surface area (TPSA) is 59.1 Å². The first-order chi connectivity index (χ1) is 8.65. The number of rotatable bonds is 2. The number of nitrogens with two attached hydrogens (primary N) is 1. The molecule has 1 aromatic heterocycles. The first kappa shape index (κ1) is 13.8. The van der Waals surface area contributed by atoms with Crippen LogP contribution in [0.25, 0.3) is 11.3 Å². The molecule has 1 aliphatic carbocycles. The fraction of sp³-hybridized carbons (Fsp3) is 0.267. The molecule has 0 bridgehead atoms. The average molecular weight is 277 g/mol. The normalized spacial score (nSPS) is 20.7. The predicted molar refractivity (Wildman–Crippen MR) is 78.7 cm³/mol. The van der Waals surface area contributed by atoms with Gasteiger partial charge in [-0.25, -0.2) is 0 Å². The van der Waals surface area contributed by atoms with Crippen LogP contribution < -0.4 is 5.73 Å². The van der Waals surface area contributed by atoms with Crippen LogP contribution in [0.3, 0.4) is 0 Å². The smallest absolute Gasteiger partial charge is 0.116 e. The highest BCUT2D eigenvalue weighted by molar-refractivity contribution is 5.85. The Morgan fingerprint density at radius 2 is 2.05 bits per heavy atom. The number of aromatic hydroxyl groups is 1. The fourth-order valence-electron chi connectivity index (χ4n) is 2.35. The minimum atomic E-state index is 0. The zero-order valence-electron chi connectivity index (χ0n) is 10.7. The van der Waals surface area contributed by atoms with E-state index in [2.05, 4.69) is 11.1 Å². The largest absolute Gasteiger partial charge is 0.508 e. The SMILES string of the molecule is Cc1cc(C2CC2N)cnc1-c1cccc(O)c1.Cl. The number of halogens is 1. The maximum atomic E-state index is 9.51. The van der Waals surface area contributed by atoms with E-state index >= 15 is 0 Å². The van der Waals surface area contributed by atoms with Crippen LogP contribution in [0, 0.1) is 6.92 Å². The summed E-state index contributed by atoms with van der Waals surface area (Å²) in [5.74, 6) is 0.747. The molecule has 0 saturated heterocycles. The molecule has 1 heterocycles. The van der Waals surface area contributed by atoms with E-state index in [1.165, 1.54) is 5.56 Å². The quantitative estimate of drug-likeness (QED) is 0.886. The summed E-state index contributed by atoms with van der Waals surface area (Å²) < 4.78 is 0. The molecule has 19 heavy (non-hydrogen) atoms. The van der Waals surface area contributed by atoms with Crippen LogP contribution in [-0.4, -0.2) is 16.1 Å². The van der Waals surface area contributed by atoms with E-state index in [1.54, 1.807) is 12.1 Å². The molecule has 1 aliphatic rings. The average Bonchev–Trinajstić information content (AvgIpc) is 3.06. The molecule has 1 aromatic carbocycles. The summed E-state index contributed by atoms with van der Waals surface area (Å²) in [7, 11) is 0. The van der Waals surface area contributed by atoms with Gasteiger partial charge in [0.15, 0.2) is 0 Å². The molecule has 1 saturated carbocycles. The van der Waals surface area contributed by atoms with Gasteiger partial charge in [0, 0.05) is 23.7 Å². The Balaban J connectivity index is 0.00000133. The van der Waals surface area contributed by atoms with Gasteiger partial charge in [0.25, 0.3) is 0 Å². The molecule has 0 spiro atoms. The number of nitrogens with zero attached hydrogens (tertiary/aromatic N) is 1. The number of phenolic OH excluding ortho intramolecular Hbond substituents is 1. The molecular weight excluding hydrogens is 260 g/mol. The van der Waals surface area contributed by atoms with Gasteiger partial charge in [0.2, 0.25) is 0 Å². The molecule has 4 heteroatoms. The highest BCUT2D eigenvalue weighted by Crippen LogP contribution is 2.39. The third-order valence-electron chi connectivity index (χ3n) is 3.49. The second kappa shape index (κ2) is 5.19. The first-order valence-corrected chi connectivity index (χ1v) is 6.16. The number of aryl methyl sites for hydroxylation is 1. The number of aromatic nitrogens is 1. The molecular formula is C15H17ClN2O. The number of pyridine rings is 1. The minimum absolute atomic E-state index is 0. The van der Waals surface area contributed by atoms with Gasteiger partial charge >= 0.3 is 0 Å². The van der Waals surface area contributed by atoms with Crippen molar-refractivity contribution in [2.75, 3.05) is 0 Å². The molecule has 3 N–H and O–H groups in total. The van der Waals surface area contributed by atoms with Gasteiger partial charge in [-0.05, 0) is 36.6 Å². The summed E-state index contributed by atoms with van der Waals surface area (Å²) >= 11 is 0. The van der Waals surface area contributed by atoms with Crippen LogP contribution in [0.15, 0.2) is 36.5 Å². The number of phenols is 1. The van der Waals surface area contributed by atoms with Crippen molar-refractivity contribution >= 4 is 12.4 Å². The van der Waals surface area contributed by atoms with Crippen molar-refractivity contribution < 1.29 is 5.11 Å². The van der Waals surface area contributed by atoms with Gasteiger partial charge in [0.05, 0.1) is 5.69 Å². The van der Waals surface area contributed by atoms with Crippen molar-refractivity contribution in [1.82, 2.24) is 4.98 Å². The lowest BCUT2D eigenvalue weighted by atomic mass is 10.0. The lowest BCUT2D eigenvalue weighted by molar-refractivity contribution is 0.475. The monoisotopic (exact) mass is 276 g/mol. The summed E-state index contributed by atoms with van der Waals surface area (Å²) in [6.45, 7) is 2.05. The number of hydrogen-bond acceptors (Lipinski definition) is 3. The van der Waals surface area contributed by atoms with Crippen molar-refractivity contribution in [2.24, 2.45) is 5.73 Å². The summed E-state index contributed by atoms with van der Waals surface area (Å²) in [6, 6.07) is 9.64. The summed E-state index contributed by atoms with van der Waals surface area (Å²) in [5, 5.41) is 9.51. The maximum absolute atomic E-state index is 9.51. The van der Waals surface area contributed by atoms with Crippen LogP contribution in [-0.2, 0) is 0 Å². The Labute approximate surface area is 118 Å². The maximum Gasteiger partial charge on any atom is 0.116 e. The first-order valence-electron chi connectivity index (χ1n) is 6.16. The van der Waals surface area contributed by atoms with Gasteiger partial charge in [0.1, 0.15) is 5.75 Å². The highest BCUT2D eigenvalue weighted by atomic mass is 35.5. The third-order valence-corrected chi connectivity index (χ3v) is 3.49. The van der Waals surface area contributed by atoms with E-state index in [0.717, 1.165) is 23.2 Å². The lowest BCUT2D eigenvalue weighted by Gasteiger charge is -2.08. The van der Waals surface area contributed by atoms with Crippen LogP contribution in [0.2, 0.25) is 0 Å². The zero-order chi connectivity index (χ0) is 12.7. The number of hydrogen-bond donors (Lipinski definition) is 2. The Morgan fingerprint density at radius 3 is 2.63 bits per heavy atom. The molecule has 0 amide bonds. The minimum Gasteiger partial charge on any atom is -0.508 e. The molecule has 2 unspecified atom stereocenters. The molecule has 2 atom stereocenters. The summed E-state index contributed by atoms with van der Waals surface area (Å²) in [5.41, 5.74) is 10.1. The second-order valence-corrected chi connectivity index (χ2v) is 4.99. The zero-order valence-corrected chi connectivity index (χ0v) is 11.5. The van der Waals surface area contributed by atoms with E-state index in [-0.39, 0.29) is 18.2 Å². The predicted octanol–water partition coefficient (Wildman–Crippen LogP) is 3.00. The van der Waals surface area contributed by atoms with E-state index in [9.17, 15) is 5.11 Å². The Bertz CT molecular complexity index is 600. The van der Waals surface area contributed by atoms with E-state index in [4.69, 9.17) is 5.73 Å². The molecule has 0 radical (unpaired) electrons. The van der Waals surface area contributed by atoms with Crippen LogP contribution in [0.1, 0.15) is 23.5 Å². The fourth-order valence-corrected chi connectivity index (χ4v) is 2.35. The van der Waals surface area contributed by atoms with E-state index in [0.29, 0.717) is 12.0 Å². The van der Waals surface area contributed by atoms with Crippen molar-refractivity contribution in [2.45, 2.75) is 25.3 Å². The van der Waals surface area contributed by atoms with Crippen molar-refractivity contribution in [3.63, 3.8) is 0 Å². The van der Waals surface area contributed by atoms with Crippen LogP contribution in [0.5, 0.6) is 5.75 Å². The Hall–Kier alpha value is -1.58. The molecule has 3 rings (SSSR count). The third kappa shape index (κ3) is 2.72. The molecule has 2 aromatic rings. The van der Waals surface area contributed by atoms with E-state index < -0.39 is 0 Å². The Kier molecular flexibility index (Phi) is 3.78. The summed E-state index contributed by atoms with van der Waals surface area (Å²) in [4.78, 5) is 4.52. The lowest BCUT2D eigenvalue weighted by Crippen LogP contribution is -2.01. The molecule has 3 nitrogen and oxygen atoms in total. The molecule has 100 valence electrons. The standard InChI is InChI=1S/C15H16N2O.ClH/c1-9-5-11(13-7-14(13)16)8-17-15(9)10-3-2-4-12(18)6-10;/h2-6,8,13-14,18H,7,16H2,1H3;1H. The van der Waals surface area contributed by atoms with Gasteiger partial charge in [-0.1, -0.05) is 18.2 Å². The van der Waals surface area contributed by atoms with Crippen LogP contribution in [0.4, 0.5) is 0 Å². The highest BCUT2D eigenvalue weighted by Gasteiger charge is 2.35. The molecule has 0 aliphatic heterocycles. The number of benzene rings is 1. The van der Waals surface area contributed by atoms with Gasteiger partial charge in [-0.2, -0.15) is 0 Å². The Morgan fingerprint density at radius 1 is 1.32 bits per heavy atom. The van der Waals surface area contributed by atoms with Gasteiger partial charge in [-0.3, -0.25) is 4.98 Å². The van der Waals surface area contributed by atoms with Crippen LogP contribution >= 0.6 is 12.4 Å². The molecule has 1 fully saturated rings. The van der Waals surface area contributed by atoms with Gasteiger partial charge in [-0.15, -0.1) is 12.4 Å². The van der Waals surface area contributed by atoms with Crippen molar-refractivity contribution in [3.05, 3.63) is 47.7 Å².